The molecule has 104 valence electrons. The summed E-state index contributed by atoms with van der Waals surface area (Å²) in [7, 11) is 0. The zero-order chi connectivity index (χ0) is 13.8. The highest BCUT2D eigenvalue weighted by atomic mass is 16.1. The van der Waals surface area contributed by atoms with Gasteiger partial charge in [0.1, 0.15) is 11.5 Å². The molecule has 1 aliphatic heterocycles. The van der Waals surface area contributed by atoms with Crippen molar-refractivity contribution < 1.29 is 4.79 Å². The van der Waals surface area contributed by atoms with Crippen LogP contribution in [0.4, 0.5) is 5.82 Å². The summed E-state index contributed by atoms with van der Waals surface area (Å²) in [5.74, 6) is 0.572. The van der Waals surface area contributed by atoms with Gasteiger partial charge < -0.3 is 16.0 Å². The van der Waals surface area contributed by atoms with E-state index in [-0.39, 0.29) is 17.4 Å². The minimum atomic E-state index is -0.206. The molecule has 3 N–H and O–H groups in total. The number of anilines is 1. The van der Waals surface area contributed by atoms with Crippen molar-refractivity contribution in [3.63, 3.8) is 0 Å². The van der Waals surface area contributed by atoms with Crippen molar-refractivity contribution in [1.29, 1.82) is 0 Å². The molecule has 1 aliphatic rings. The smallest absolute Gasteiger partial charge is 0.271 e. The van der Waals surface area contributed by atoms with Gasteiger partial charge in [-0.05, 0) is 32.7 Å². The normalized spacial score (nSPS) is 19.8. The van der Waals surface area contributed by atoms with Crippen LogP contribution in [0, 0.1) is 5.92 Å². The molecule has 0 bridgehead atoms. The number of nitrogens with one attached hydrogen (secondary N) is 1. The van der Waals surface area contributed by atoms with Crippen LogP contribution in [0.2, 0.25) is 0 Å². The lowest BCUT2D eigenvalue weighted by molar-refractivity contribution is 0.0942. The van der Waals surface area contributed by atoms with Crippen LogP contribution >= 0.6 is 0 Å². The predicted molar refractivity (Wildman–Crippen MR) is 73.6 cm³/mol. The second-order valence-electron chi connectivity index (χ2n) is 5.28. The third-order valence-electron chi connectivity index (χ3n) is 3.48. The molecule has 1 aromatic rings. The fraction of sp³-hybridized carbons (Fsp3) is 0.615. The van der Waals surface area contributed by atoms with Crippen LogP contribution in [-0.4, -0.2) is 46.5 Å². The van der Waals surface area contributed by atoms with Gasteiger partial charge in [0.25, 0.3) is 5.91 Å². The lowest BCUT2D eigenvalue weighted by Gasteiger charge is -2.20. The third kappa shape index (κ3) is 3.64. The molecule has 1 fully saturated rings. The highest BCUT2D eigenvalue weighted by molar-refractivity contribution is 5.92. The predicted octanol–water partition coefficient (Wildman–Crippen LogP) is 0.519. The van der Waals surface area contributed by atoms with Gasteiger partial charge in [0.05, 0.1) is 12.4 Å². The number of hydrogen-bond donors (Lipinski definition) is 2. The second-order valence-corrected chi connectivity index (χ2v) is 5.28. The summed E-state index contributed by atoms with van der Waals surface area (Å²) >= 11 is 0. The van der Waals surface area contributed by atoms with Crippen molar-refractivity contribution in [2.24, 2.45) is 5.92 Å². The number of aromatic nitrogens is 2. The first kappa shape index (κ1) is 13.7. The summed E-state index contributed by atoms with van der Waals surface area (Å²) in [6.07, 6.45) is 3.98. The molecule has 0 spiro atoms. The largest absolute Gasteiger partial charge is 0.382 e. The average Bonchev–Trinajstić information content (AvgIpc) is 2.85. The van der Waals surface area contributed by atoms with E-state index in [1.165, 1.54) is 12.4 Å². The molecule has 2 rings (SSSR count). The third-order valence-corrected chi connectivity index (χ3v) is 3.48. The number of nitrogens with zero attached hydrogens (tertiary/aromatic N) is 3. The number of likely N-dealkylation sites (tertiary alicyclic amines) is 1. The van der Waals surface area contributed by atoms with E-state index in [1.807, 2.05) is 0 Å². The summed E-state index contributed by atoms with van der Waals surface area (Å²) in [5.41, 5.74) is 5.78. The van der Waals surface area contributed by atoms with Gasteiger partial charge in [-0.3, -0.25) is 9.78 Å². The standard InChI is InChI=1S/C13H21N5O/c1-9(2)18-4-3-10(8-18)5-16-13(19)11-6-15-7-12(14)17-11/h6-7,9-10H,3-5,8H2,1-2H3,(H2,14,17)(H,16,19). The summed E-state index contributed by atoms with van der Waals surface area (Å²) in [5, 5.41) is 2.90. The number of nitrogen functional groups attached to an aromatic ring is 1. The monoisotopic (exact) mass is 263 g/mol. The maximum absolute atomic E-state index is 11.9. The number of carbonyl (C=O) groups is 1. The Morgan fingerprint density at radius 3 is 3.00 bits per heavy atom. The Morgan fingerprint density at radius 2 is 2.37 bits per heavy atom. The number of carbonyl (C=O) groups excluding carboxylic acids is 1. The molecule has 0 saturated carbocycles. The zero-order valence-corrected chi connectivity index (χ0v) is 11.5. The molecule has 1 atom stereocenters. The molecule has 1 aromatic heterocycles. The van der Waals surface area contributed by atoms with Crippen molar-refractivity contribution in [1.82, 2.24) is 20.2 Å². The molecule has 1 saturated heterocycles. The van der Waals surface area contributed by atoms with Crippen LogP contribution in [0.3, 0.4) is 0 Å². The summed E-state index contributed by atoms with van der Waals surface area (Å²) in [4.78, 5) is 22.1. The molecular formula is C13H21N5O. The average molecular weight is 263 g/mol. The van der Waals surface area contributed by atoms with E-state index in [0.717, 1.165) is 19.5 Å². The van der Waals surface area contributed by atoms with E-state index in [1.54, 1.807) is 0 Å². The van der Waals surface area contributed by atoms with Crippen molar-refractivity contribution in [2.75, 3.05) is 25.4 Å². The Bertz CT molecular complexity index is 448. The molecule has 19 heavy (non-hydrogen) atoms. The zero-order valence-electron chi connectivity index (χ0n) is 11.5. The van der Waals surface area contributed by atoms with Crippen molar-refractivity contribution in [2.45, 2.75) is 26.3 Å². The van der Waals surface area contributed by atoms with Crippen LogP contribution in [0.1, 0.15) is 30.8 Å². The number of amides is 1. The minimum Gasteiger partial charge on any atom is -0.382 e. The highest BCUT2D eigenvalue weighted by Gasteiger charge is 2.24. The molecular weight excluding hydrogens is 242 g/mol. The molecule has 2 heterocycles. The fourth-order valence-electron chi connectivity index (χ4n) is 2.32. The first-order valence-electron chi connectivity index (χ1n) is 6.66. The van der Waals surface area contributed by atoms with Gasteiger partial charge in [0, 0.05) is 19.1 Å². The lowest BCUT2D eigenvalue weighted by atomic mass is 10.1. The fourth-order valence-corrected chi connectivity index (χ4v) is 2.32. The highest BCUT2D eigenvalue weighted by Crippen LogP contribution is 2.17. The van der Waals surface area contributed by atoms with E-state index in [9.17, 15) is 4.79 Å². The summed E-state index contributed by atoms with van der Waals surface area (Å²) in [6, 6.07) is 0.570. The van der Waals surface area contributed by atoms with Gasteiger partial charge in [-0.2, -0.15) is 0 Å². The van der Waals surface area contributed by atoms with E-state index in [2.05, 4.69) is 34.0 Å². The molecule has 1 amide bonds. The molecule has 6 heteroatoms. The van der Waals surface area contributed by atoms with Crippen LogP contribution in [0.25, 0.3) is 0 Å². The van der Waals surface area contributed by atoms with Gasteiger partial charge in [-0.1, -0.05) is 0 Å². The second kappa shape index (κ2) is 5.97. The van der Waals surface area contributed by atoms with E-state index < -0.39 is 0 Å². The van der Waals surface area contributed by atoms with Crippen LogP contribution < -0.4 is 11.1 Å². The Morgan fingerprint density at radius 1 is 1.58 bits per heavy atom. The van der Waals surface area contributed by atoms with Gasteiger partial charge in [-0.15, -0.1) is 0 Å². The Labute approximate surface area is 113 Å². The van der Waals surface area contributed by atoms with Gasteiger partial charge >= 0.3 is 0 Å². The van der Waals surface area contributed by atoms with E-state index in [4.69, 9.17) is 5.73 Å². The first-order chi connectivity index (χ1) is 9.06. The van der Waals surface area contributed by atoms with Gasteiger partial charge in [0.15, 0.2) is 0 Å². The van der Waals surface area contributed by atoms with Gasteiger partial charge in [0.2, 0.25) is 0 Å². The van der Waals surface area contributed by atoms with Crippen molar-refractivity contribution in [3.8, 4) is 0 Å². The molecule has 6 nitrogen and oxygen atoms in total. The maximum atomic E-state index is 11.9. The summed E-state index contributed by atoms with van der Waals surface area (Å²) < 4.78 is 0. The van der Waals surface area contributed by atoms with Crippen LogP contribution in [0.15, 0.2) is 12.4 Å². The van der Waals surface area contributed by atoms with E-state index in [0.29, 0.717) is 18.5 Å². The van der Waals surface area contributed by atoms with Crippen LogP contribution in [0.5, 0.6) is 0 Å². The van der Waals surface area contributed by atoms with Crippen molar-refractivity contribution >= 4 is 11.7 Å². The van der Waals surface area contributed by atoms with Gasteiger partial charge in [-0.25, -0.2) is 4.98 Å². The lowest BCUT2D eigenvalue weighted by Crippen LogP contribution is -2.33. The Kier molecular flexibility index (Phi) is 4.31. The molecule has 0 aromatic carbocycles. The Balaban J connectivity index is 1.82. The van der Waals surface area contributed by atoms with E-state index >= 15 is 0 Å². The first-order valence-corrected chi connectivity index (χ1v) is 6.66. The molecule has 0 aliphatic carbocycles. The number of rotatable bonds is 4. The minimum absolute atomic E-state index is 0.206. The quantitative estimate of drug-likeness (QED) is 0.827. The van der Waals surface area contributed by atoms with Crippen molar-refractivity contribution in [3.05, 3.63) is 18.1 Å². The van der Waals surface area contributed by atoms with Crippen LogP contribution in [-0.2, 0) is 0 Å². The SMILES string of the molecule is CC(C)N1CCC(CNC(=O)c2cncc(N)n2)C1. The Hall–Kier alpha value is -1.69. The maximum Gasteiger partial charge on any atom is 0.271 e. The summed E-state index contributed by atoms with van der Waals surface area (Å²) in [6.45, 7) is 7.22. The molecule has 0 radical (unpaired) electrons. The topological polar surface area (TPSA) is 84.1 Å². The number of hydrogen-bond acceptors (Lipinski definition) is 5. The molecule has 1 unspecified atom stereocenters. The number of nitrogens with two attached hydrogens (primary N) is 1.